The zero-order valence-corrected chi connectivity index (χ0v) is 22.0. The first-order valence-electron chi connectivity index (χ1n) is 11.2. The van der Waals surface area contributed by atoms with Gasteiger partial charge in [-0.2, -0.15) is 4.31 Å². The van der Waals surface area contributed by atoms with Gasteiger partial charge in [0.05, 0.1) is 11.4 Å². The lowest BCUT2D eigenvalue weighted by Gasteiger charge is -2.25. The van der Waals surface area contributed by atoms with Crippen molar-refractivity contribution in [3.05, 3.63) is 29.8 Å². The third kappa shape index (κ3) is 9.23. The van der Waals surface area contributed by atoms with Crippen molar-refractivity contribution >= 4 is 40.0 Å². The van der Waals surface area contributed by atoms with Crippen molar-refractivity contribution in [3.8, 4) is 0 Å². The minimum atomic E-state index is -3.40. The Bertz CT molecular complexity index is 745. The van der Waals surface area contributed by atoms with Crippen LogP contribution in [0, 0.1) is 5.92 Å². The number of rotatable bonds is 11. The standard InChI is InChI=1S/C22H38N4O3S.HI/c1-3-8-19(13-16-27)17-24-22(23-4-2)25-18-20-9-11-21(12-10-20)30(28,29)26-14-6-5-7-15-26;/h9-12,19,27H,3-8,13-18H2,1-2H3,(H2,23,24,25);1H. The van der Waals surface area contributed by atoms with Crippen LogP contribution in [0.3, 0.4) is 0 Å². The van der Waals surface area contributed by atoms with Gasteiger partial charge in [-0.1, -0.05) is 31.9 Å². The molecule has 9 heteroatoms. The fourth-order valence-corrected chi connectivity index (χ4v) is 5.23. The van der Waals surface area contributed by atoms with Gasteiger partial charge in [-0.3, -0.25) is 0 Å². The fourth-order valence-electron chi connectivity index (χ4n) is 3.71. The van der Waals surface area contributed by atoms with Gasteiger partial charge in [0.25, 0.3) is 0 Å². The summed E-state index contributed by atoms with van der Waals surface area (Å²) in [6.07, 6.45) is 5.91. The number of nitrogens with one attached hydrogen (secondary N) is 2. The van der Waals surface area contributed by atoms with E-state index in [1.54, 1.807) is 16.4 Å². The van der Waals surface area contributed by atoms with Crippen LogP contribution in [-0.2, 0) is 16.6 Å². The van der Waals surface area contributed by atoms with Gasteiger partial charge in [0.2, 0.25) is 10.0 Å². The smallest absolute Gasteiger partial charge is 0.243 e. The predicted octanol–water partition coefficient (Wildman–Crippen LogP) is 3.33. The van der Waals surface area contributed by atoms with Crippen LogP contribution in [0.25, 0.3) is 0 Å². The Balaban J connectivity index is 0.00000480. The third-order valence-electron chi connectivity index (χ3n) is 5.43. The summed E-state index contributed by atoms with van der Waals surface area (Å²) in [5.74, 6) is 1.16. The lowest BCUT2D eigenvalue weighted by molar-refractivity contribution is 0.251. The lowest BCUT2D eigenvalue weighted by Crippen LogP contribution is -2.40. The van der Waals surface area contributed by atoms with Gasteiger partial charge in [0.1, 0.15) is 0 Å². The quantitative estimate of drug-likeness (QED) is 0.217. The van der Waals surface area contributed by atoms with E-state index in [-0.39, 0.29) is 30.6 Å². The van der Waals surface area contributed by atoms with Crippen molar-refractivity contribution in [3.63, 3.8) is 0 Å². The molecule has 0 saturated carbocycles. The highest BCUT2D eigenvalue weighted by molar-refractivity contribution is 14.0. The average molecular weight is 567 g/mol. The van der Waals surface area contributed by atoms with Crippen molar-refractivity contribution in [2.24, 2.45) is 10.9 Å². The van der Waals surface area contributed by atoms with Crippen LogP contribution >= 0.6 is 24.0 Å². The number of aliphatic imine (C=N–C) groups is 1. The number of benzene rings is 1. The molecule has 1 saturated heterocycles. The van der Waals surface area contributed by atoms with Crippen molar-refractivity contribution in [2.75, 3.05) is 32.8 Å². The number of hydrogen-bond acceptors (Lipinski definition) is 4. The summed E-state index contributed by atoms with van der Waals surface area (Å²) < 4.78 is 27.1. The Kier molecular flexibility index (Phi) is 13.6. The molecule has 0 aromatic heterocycles. The fraction of sp³-hybridized carbons (Fsp3) is 0.682. The van der Waals surface area contributed by atoms with E-state index in [9.17, 15) is 13.5 Å². The second kappa shape index (κ2) is 15.0. The molecule has 1 fully saturated rings. The molecular weight excluding hydrogens is 527 g/mol. The molecule has 1 atom stereocenters. The van der Waals surface area contributed by atoms with Crippen molar-refractivity contribution in [1.29, 1.82) is 0 Å². The van der Waals surface area contributed by atoms with Crippen LogP contribution in [-0.4, -0.2) is 56.6 Å². The zero-order valence-electron chi connectivity index (χ0n) is 18.8. The maximum absolute atomic E-state index is 12.8. The van der Waals surface area contributed by atoms with Crippen LogP contribution in [0.5, 0.6) is 0 Å². The molecule has 1 aromatic rings. The Morgan fingerprint density at radius 1 is 1.10 bits per heavy atom. The highest BCUT2D eigenvalue weighted by Gasteiger charge is 2.25. The summed E-state index contributed by atoms with van der Waals surface area (Å²) in [6, 6.07) is 7.06. The molecule has 1 aliphatic rings. The molecule has 1 heterocycles. The molecule has 1 unspecified atom stereocenters. The number of sulfonamides is 1. The molecule has 31 heavy (non-hydrogen) atoms. The van der Waals surface area contributed by atoms with Crippen molar-refractivity contribution in [1.82, 2.24) is 14.9 Å². The van der Waals surface area contributed by atoms with Gasteiger partial charge < -0.3 is 15.7 Å². The minimum Gasteiger partial charge on any atom is -0.396 e. The van der Waals surface area contributed by atoms with E-state index in [2.05, 4.69) is 22.5 Å². The Labute approximate surface area is 205 Å². The molecule has 0 aliphatic carbocycles. The molecule has 2 rings (SSSR count). The van der Waals surface area contributed by atoms with E-state index in [0.29, 0.717) is 30.4 Å². The molecule has 0 spiro atoms. The van der Waals surface area contributed by atoms with Crippen LogP contribution in [0.2, 0.25) is 0 Å². The van der Waals surface area contributed by atoms with Crippen LogP contribution in [0.4, 0.5) is 0 Å². The Hall–Kier alpha value is -0.910. The number of guanidine groups is 1. The number of piperidine rings is 1. The van der Waals surface area contributed by atoms with E-state index in [0.717, 1.165) is 63.1 Å². The number of halogens is 1. The largest absolute Gasteiger partial charge is 0.396 e. The maximum atomic E-state index is 12.8. The van der Waals surface area contributed by atoms with Crippen LogP contribution < -0.4 is 10.6 Å². The second-order valence-electron chi connectivity index (χ2n) is 7.85. The normalized spacial score (nSPS) is 16.4. The average Bonchev–Trinajstić information content (AvgIpc) is 2.76. The van der Waals surface area contributed by atoms with E-state index in [4.69, 9.17) is 0 Å². The molecular formula is C22H39IN4O3S. The third-order valence-corrected chi connectivity index (χ3v) is 7.35. The number of hydrogen-bond donors (Lipinski definition) is 3. The topological polar surface area (TPSA) is 94.0 Å². The summed E-state index contributed by atoms with van der Waals surface area (Å²) in [6.45, 7) is 7.60. The van der Waals surface area contributed by atoms with E-state index in [1.807, 2.05) is 19.1 Å². The first kappa shape index (κ1) is 28.1. The van der Waals surface area contributed by atoms with E-state index < -0.39 is 10.0 Å². The van der Waals surface area contributed by atoms with Gasteiger partial charge in [0, 0.05) is 32.8 Å². The molecule has 3 N–H and O–H groups in total. The monoisotopic (exact) mass is 566 g/mol. The summed E-state index contributed by atoms with van der Waals surface area (Å²) in [7, 11) is -3.40. The van der Waals surface area contributed by atoms with Crippen molar-refractivity contribution in [2.45, 2.75) is 63.8 Å². The summed E-state index contributed by atoms with van der Waals surface area (Å²) in [4.78, 5) is 4.98. The van der Waals surface area contributed by atoms with Gasteiger partial charge in [0.15, 0.2) is 5.96 Å². The van der Waals surface area contributed by atoms with E-state index in [1.165, 1.54) is 0 Å². The summed E-state index contributed by atoms with van der Waals surface area (Å²) in [5, 5.41) is 15.8. The molecule has 0 amide bonds. The molecule has 1 aliphatic heterocycles. The SMILES string of the molecule is CCCC(CCO)CNC(=NCc1ccc(S(=O)(=O)N2CCCCC2)cc1)NCC.I. The van der Waals surface area contributed by atoms with Crippen LogP contribution in [0.15, 0.2) is 34.2 Å². The first-order valence-corrected chi connectivity index (χ1v) is 12.7. The molecule has 178 valence electrons. The van der Waals surface area contributed by atoms with Gasteiger partial charge >= 0.3 is 0 Å². The molecule has 1 aromatic carbocycles. The van der Waals surface area contributed by atoms with Crippen LogP contribution in [0.1, 0.15) is 57.9 Å². The predicted molar refractivity (Wildman–Crippen MR) is 137 cm³/mol. The number of aliphatic hydroxyl groups is 1. The summed E-state index contributed by atoms with van der Waals surface area (Å²) in [5.41, 5.74) is 0.963. The number of aliphatic hydroxyl groups excluding tert-OH is 1. The van der Waals surface area contributed by atoms with Gasteiger partial charge in [-0.25, -0.2) is 13.4 Å². The van der Waals surface area contributed by atoms with Crippen molar-refractivity contribution < 1.29 is 13.5 Å². The first-order chi connectivity index (χ1) is 14.5. The highest BCUT2D eigenvalue weighted by Crippen LogP contribution is 2.21. The molecule has 7 nitrogen and oxygen atoms in total. The lowest BCUT2D eigenvalue weighted by atomic mass is 10.0. The second-order valence-corrected chi connectivity index (χ2v) is 9.79. The van der Waals surface area contributed by atoms with Gasteiger partial charge in [-0.15, -0.1) is 24.0 Å². The zero-order chi connectivity index (χ0) is 21.8. The number of nitrogens with zero attached hydrogens (tertiary/aromatic N) is 2. The molecule has 0 radical (unpaired) electrons. The molecule has 0 bridgehead atoms. The highest BCUT2D eigenvalue weighted by atomic mass is 127. The van der Waals surface area contributed by atoms with E-state index >= 15 is 0 Å². The minimum absolute atomic E-state index is 0. The Morgan fingerprint density at radius 2 is 1.77 bits per heavy atom. The van der Waals surface area contributed by atoms with Gasteiger partial charge in [-0.05, 0) is 56.2 Å². The maximum Gasteiger partial charge on any atom is 0.243 e. The summed E-state index contributed by atoms with van der Waals surface area (Å²) >= 11 is 0. The Morgan fingerprint density at radius 3 is 2.35 bits per heavy atom.